The molecule has 0 amide bonds. The molecule has 9 heteroatoms. The SMILES string of the molecule is Nc1cc(F)c(S(F)(F)(F)(F)F)c(F)c1. The normalized spacial score (nSPS) is 17.0. The monoisotopic (exact) mass is 255 g/mol. The van der Waals surface area contributed by atoms with Gasteiger partial charge < -0.3 is 5.73 Å². The molecule has 15 heavy (non-hydrogen) atoms. The predicted molar refractivity (Wildman–Crippen MR) is 42.2 cm³/mol. The Kier molecular flexibility index (Phi) is 1.86. The number of rotatable bonds is 1. The number of halogens is 7. The van der Waals surface area contributed by atoms with Crippen molar-refractivity contribution in [1.82, 2.24) is 0 Å². The average molecular weight is 255 g/mol. The summed E-state index contributed by atoms with van der Waals surface area (Å²) in [4.78, 5) is -3.16. The Morgan fingerprint density at radius 2 is 1.20 bits per heavy atom. The van der Waals surface area contributed by atoms with Crippen LogP contribution in [0.25, 0.3) is 0 Å². The summed E-state index contributed by atoms with van der Waals surface area (Å²) in [6.07, 6.45) is 0. The van der Waals surface area contributed by atoms with E-state index in [-0.39, 0.29) is 12.1 Å². The molecule has 2 N–H and O–H groups in total. The summed E-state index contributed by atoms with van der Waals surface area (Å²) in [5.41, 5.74) is 4.07. The average Bonchev–Trinajstić information content (AvgIpc) is 1.74. The van der Waals surface area contributed by atoms with E-state index < -0.39 is 32.4 Å². The molecule has 88 valence electrons. The second-order valence-electron chi connectivity index (χ2n) is 2.78. The highest BCUT2D eigenvalue weighted by atomic mass is 32.5. The zero-order chi connectivity index (χ0) is 12.1. The maximum atomic E-state index is 12.6. The number of nitrogens with two attached hydrogens (primary N) is 1. The molecule has 0 spiro atoms. The quantitative estimate of drug-likeness (QED) is 0.590. The minimum atomic E-state index is -10.4. The van der Waals surface area contributed by atoms with Crippen LogP contribution >= 0.6 is 10.2 Å². The van der Waals surface area contributed by atoms with Crippen molar-refractivity contribution in [2.75, 3.05) is 5.73 Å². The number of hydrogen-bond donors (Lipinski definition) is 1. The fourth-order valence-corrected chi connectivity index (χ4v) is 1.80. The van der Waals surface area contributed by atoms with Gasteiger partial charge in [0.05, 0.1) is 0 Å². The van der Waals surface area contributed by atoms with Crippen LogP contribution in [0.1, 0.15) is 0 Å². The largest absolute Gasteiger partial charge is 0.399 e. The lowest BCUT2D eigenvalue weighted by Crippen LogP contribution is -2.11. The summed E-state index contributed by atoms with van der Waals surface area (Å²) in [6, 6.07) is -0.0351. The second-order valence-corrected chi connectivity index (χ2v) is 5.13. The Hall–Kier alpha value is -1.12. The van der Waals surface area contributed by atoms with Gasteiger partial charge in [0.2, 0.25) is 0 Å². The van der Waals surface area contributed by atoms with Gasteiger partial charge in [-0.05, 0) is 12.1 Å². The van der Waals surface area contributed by atoms with E-state index in [0.717, 1.165) is 0 Å². The lowest BCUT2D eigenvalue weighted by Gasteiger charge is -2.40. The highest BCUT2D eigenvalue weighted by molar-refractivity contribution is 8.45. The van der Waals surface area contributed by atoms with Crippen LogP contribution < -0.4 is 5.73 Å². The summed E-state index contributed by atoms with van der Waals surface area (Å²) in [5, 5.41) is 0. The van der Waals surface area contributed by atoms with Gasteiger partial charge in [-0.25, -0.2) is 8.78 Å². The Labute approximate surface area is 79.4 Å². The van der Waals surface area contributed by atoms with Crippen LogP contribution in [0, 0.1) is 11.6 Å². The molecule has 0 radical (unpaired) electrons. The fourth-order valence-electron chi connectivity index (χ4n) is 0.948. The smallest absolute Gasteiger partial charge is 0.315 e. The molecule has 0 heterocycles. The Morgan fingerprint density at radius 3 is 1.47 bits per heavy atom. The predicted octanol–water partition coefficient (Wildman–Crippen LogP) is 4.20. The van der Waals surface area contributed by atoms with Gasteiger partial charge >= 0.3 is 10.2 Å². The summed E-state index contributed by atoms with van der Waals surface area (Å²) in [6.45, 7) is 0. The lowest BCUT2D eigenvalue weighted by atomic mass is 10.3. The molecule has 0 unspecified atom stereocenters. The molecule has 0 saturated heterocycles. The number of benzene rings is 1. The first-order chi connectivity index (χ1) is 6.31. The van der Waals surface area contributed by atoms with E-state index in [1.165, 1.54) is 0 Å². The summed E-state index contributed by atoms with van der Waals surface area (Å²) >= 11 is 0. The minimum absolute atomic E-state index is 0.0175. The maximum absolute atomic E-state index is 12.6. The topological polar surface area (TPSA) is 26.0 Å². The van der Waals surface area contributed by atoms with E-state index in [2.05, 4.69) is 0 Å². The van der Waals surface area contributed by atoms with Gasteiger partial charge in [-0.2, -0.15) is 0 Å². The van der Waals surface area contributed by atoms with Crippen molar-refractivity contribution in [3.8, 4) is 0 Å². The first-order valence-corrected chi connectivity index (χ1v) is 5.25. The molecule has 0 aromatic heterocycles. The summed E-state index contributed by atoms with van der Waals surface area (Å²) < 4.78 is 85.6. The lowest BCUT2D eigenvalue weighted by molar-refractivity contribution is 0.345. The number of hydrogen-bond acceptors (Lipinski definition) is 1. The third kappa shape index (κ3) is 2.46. The second kappa shape index (κ2) is 2.34. The van der Waals surface area contributed by atoms with Crippen molar-refractivity contribution < 1.29 is 28.2 Å². The van der Waals surface area contributed by atoms with Crippen molar-refractivity contribution in [3.05, 3.63) is 23.8 Å². The molecule has 1 aromatic carbocycles. The molecule has 0 aliphatic heterocycles. The Balaban J connectivity index is 3.69. The van der Waals surface area contributed by atoms with Crippen LogP contribution in [0.5, 0.6) is 0 Å². The van der Waals surface area contributed by atoms with Gasteiger partial charge in [-0.15, -0.1) is 0 Å². The van der Waals surface area contributed by atoms with Crippen LogP contribution in [0.15, 0.2) is 17.0 Å². The van der Waals surface area contributed by atoms with Crippen LogP contribution in [-0.2, 0) is 0 Å². The highest BCUT2D eigenvalue weighted by Gasteiger charge is 2.68. The first-order valence-electron chi connectivity index (χ1n) is 3.30. The molecule has 0 saturated carbocycles. The summed E-state index contributed by atoms with van der Waals surface area (Å²) in [5.74, 6) is -4.85. The molecule has 0 fully saturated rings. The van der Waals surface area contributed by atoms with E-state index in [1.807, 2.05) is 0 Å². The molecular formula is C6H4F7NS. The third-order valence-electron chi connectivity index (χ3n) is 1.41. The van der Waals surface area contributed by atoms with E-state index in [9.17, 15) is 28.2 Å². The van der Waals surface area contributed by atoms with Gasteiger partial charge in [0.1, 0.15) is 0 Å². The van der Waals surface area contributed by atoms with Crippen LogP contribution in [0.2, 0.25) is 0 Å². The van der Waals surface area contributed by atoms with Crippen molar-refractivity contribution in [1.29, 1.82) is 0 Å². The van der Waals surface area contributed by atoms with Gasteiger partial charge in [-0.3, -0.25) is 0 Å². The van der Waals surface area contributed by atoms with Gasteiger partial charge in [-0.1, -0.05) is 19.4 Å². The fraction of sp³-hybridized carbons (Fsp3) is 0. The van der Waals surface area contributed by atoms with Crippen LogP contribution in [0.4, 0.5) is 33.9 Å². The van der Waals surface area contributed by atoms with Crippen molar-refractivity contribution in [2.24, 2.45) is 0 Å². The van der Waals surface area contributed by atoms with Crippen molar-refractivity contribution >= 4 is 15.9 Å². The first kappa shape index (κ1) is 12.0. The van der Waals surface area contributed by atoms with Crippen molar-refractivity contribution in [2.45, 2.75) is 4.90 Å². The molecule has 0 aliphatic rings. The zero-order valence-electron chi connectivity index (χ0n) is 6.79. The molecular weight excluding hydrogens is 251 g/mol. The molecule has 0 bridgehead atoms. The zero-order valence-corrected chi connectivity index (χ0v) is 7.60. The van der Waals surface area contributed by atoms with E-state index in [1.54, 1.807) is 0 Å². The molecule has 1 rings (SSSR count). The Morgan fingerprint density at radius 1 is 0.867 bits per heavy atom. The minimum Gasteiger partial charge on any atom is -0.399 e. The standard InChI is InChI=1S/C6H4F7NS/c7-4-1-3(14)2-5(8)6(4)15(9,10,11,12)13/h1-2H,14H2. The van der Waals surface area contributed by atoms with Crippen LogP contribution in [0.3, 0.4) is 0 Å². The molecule has 1 aromatic rings. The molecule has 0 atom stereocenters. The van der Waals surface area contributed by atoms with Crippen LogP contribution in [-0.4, -0.2) is 0 Å². The van der Waals surface area contributed by atoms with Crippen molar-refractivity contribution in [3.63, 3.8) is 0 Å². The van der Waals surface area contributed by atoms with Gasteiger partial charge in [0, 0.05) is 5.69 Å². The van der Waals surface area contributed by atoms with Gasteiger partial charge in [0.15, 0.2) is 16.5 Å². The Bertz CT molecular complexity index is 399. The van der Waals surface area contributed by atoms with E-state index >= 15 is 0 Å². The van der Waals surface area contributed by atoms with Gasteiger partial charge in [0.25, 0.3) is 0 Å². The number of anilines is 1. The van der Waals surface area contributed by atoms with E-state index in [4.69, 9.17) is 5.73 Å². The third-order valence-corrected chi connectivity index (χ3v) is 2.57. The van der Waals surface area contributed by atoms with E-state index in [0.29, 0.717) is 0 Å². The highest BCUT2D eigenvalue weighted by Crippen LogP contribution is 3.02. The molecule has 0 aliphatic carbocycles. The maximum Gasteiger partial charge on any atom is 0.315 e. The summed E-state index contributed by atoms with van der Waals surface area (Å²) in [7, 11) is -10.4. The molecule has 1 nitrogen and oxygen atoms in total. The number of nitrogen functional groups attached to an aromatic ring is 1.